The van der Waals surface area contributed by atoms with Crippen molar-refractivity contribution in [2.75, 3.05) is 11.9 Å². The van der Waals surface area contributed by atoms with Crippen LogP contribution in [0.2, 0.25) is 0 Å². The molecular formula is C14H21N5O4. The van der Waals surface area contributed by atoms with Gasteiger partial charge >= 0.3 is 12.1 Å². The average Bonchev–Trinajstić information content (AvgIpc) is 2.50. The molecule has 0 aliphatic heterocycles. The standard InChI is InChI=1S/C14H21N5O4/c15-11(2-1-7-18-13(16)21)12(20)19-10-5-3-9(4-6-10)8-23-14(17)22/h3-6,11H,1-2,7-8,15H2,(H2,17,22)(H,19,20)(H3,16,18,21)/t11-/m0/s1. The number of hydrogen-bond donors (Lipinski definition) is 5. The fourth-order valence-corrected chi connectivity index (χ4v) is 1.74. The zero-order chi connectivity index (χ0) is 17.2. The highest BCUT2D eigenvalue weighted by Gasteiger charge is 2.13. The fraction of sp³-hybridized carbons (Fsp3) is 0.357. The third-order valence-electron chi connectivity index (χ3n) is 2.93. The molecule has 9 nitrogen and oxygen atoms in total. The van der Waals surface area contributed by atoms with Crippen LogP contribution in [-0.4, -0.2) is 30.6 Å². The Kier molecular flexibility index (Phi) is 7.34. The van der Waals surface area contributed by atoms with Gasteiger partial charge in [0.15, 0.2) is 0 Å². The maximum atomic E-state index is 11.9. The highest BCUT2D eigenvalue weighted by Crippen LogP contribution is 2.11. The van der Waals surface area contributed by atoms with Gasteiger partial charge in [-0.2, -0.15) is 0 Å². The summed E-state index contributed by atoms with van der Waals surface area (Å²) in [5, 5.41) is 5.10. The molecule has 0 radical (unpaired) electrons. The molecule has 23 heavy (non-hydrogen) atoms. The Morgan fingerprint density at radius 3 is 2.35 bits per heavy atom. The number of benzene rings is 1. The van der Waals surface area contributed by atoms with E-state index in [1.807, 2.05) is 0 Å². The molecule has 1 atom stereocenters. The second-order valence-corrected chi connectivity index (χ2v) is 4.83. The monoisotopic (exact) mass is 323 g/mol. The minimum Gasteiger partial charge on any atom is -0.445 e. The maximum Gasteiger partial charge on any atom is 0.404 e. The smallest absolute Gasteiger partial charge is 0.404 e. The van der Waals surface area contributed by atoms with E-state index >= 15 is 0 Å². The molecule has 8 N–H and O–H groups in total. The van der Waals surface area contributed by atoms with Gasteiger partial charge in [0.1, 0.15) is 6.61 Å². The van der Waals surface area contributed by atoms with Crippen molar-refractivity contribution in [3.8, 4) is 0 Å². The van der Waals surface area contributed by atoms with Gasteiger partial charge in [-0.15, -0.1) is 0 Å². The number of carbonyl (C=O) groups excluding carboxylic acids is 3. The minimum atomic E-state index is -0.848. The van der Waals surface area contributed by atoms with Crippen LogP contribution in [0.5, 0.6) is 0 Å². The third-order valence-corrected chi connectivity index (χ3v) is 2.93. The van der Waals surface area contributed by atoms with Gasteiger partial charge in [0, 0.05) is 12.2 Å². The second kappa shape index (κ2) is 9.26. The molecule has 0 aliphatic rings. The normalized spacial score (nSPS) is 11.3. The van der Waals surface area contributed by atoms with Crippen molar-refractivity contribution >= 4 is 23.7 Å². The summed E-state index contributed by atoms with van der Waals surface area (Å²) in [6.45, 7) is 0.431. The summed E-state index contributed by atoms with van der Waals surface area (Å²) in [6, 6.07) is 5.42. The van der Waals surface area contributed by atoms with Crippen LogP contribution in [0.4, 0.5) is 15.3 Å². The lowest BCUT2D eigenvalue weighted by Gasteiger charge is -2.12. The lowest BCUT2D eigenvalue weighted by Crippen LogP contribution is -2.37. The van der Waals surface area contributed by atoms with Gasteiger partial charge in [0.05, 0.1) is 6.04 Å². The SMILES string of the molecule is NC(=O)NCCC[C@H](N)C(=O)Nc1ccc(COC(N)=O)cc1. The molecule has 0 saturated carbocycles. The van der Waals surface area contributed by atoms with E-state index in [1.54, 1.807) is 24.3 Å². The molecule has 0 spiro atoms. The molecule has 1 aromatic rings. The third kappa shape index (κ3) is 7.67. The lowest BCUT2D eigenvalue weighted by atomic mass is 10.1. The van der Waals surface area contributed by atoms with Gasteiger partial charge in [0.2, 0.25) is 5.91 Å². The number of ether oxygens (including phenoxy) is 1. The predicted octanol–water partition coefficient (Wildman–Crippen LogP) is -0.00380. The highest BCUT2D eigenvalue weighted by atomic mass is 16.5. The van der Waals surface area contributed by atoms with Crippen molar-refractivity contribution in [1.29, 1.82) is 0 Å². The Morgan fingerprint density at radius 1 is 1.13 bits per heavy atom. The van der Waals surface area contributed by atoms with Gasteiger partial charge in [-0.3, -0.25) is 4.79 Å². The molecule has 1 rings (SSSR count). The zero-order valence-corrected chi connectivity index (χ0v) is 12.6. The second-order valence-electron chi connectivity index (χ2n) is 4.83. The Balaban J connectivity index is 2.38. The number of primary amides is 2. The fourth-order valence-electron chi connectivity index (χ4n) is 1.74. The van der Waals surface area contributed by atoms with Crippen molar-refractivity contribution in [3.05, 3.63) is 29.8 Å². The van der Waals surface area contributed by atoms with E-state index in [0.29, 0.717) is 25.1 Å². The van der Waals surface area contributed by atoms with Crippen LogP contribution in [0.1, 0.15) is 18.4 Å². The number of carbonyl (C=O) groups is 3. The highest BCUT2D eigenvalue weighted by molar-refractivity contribution is 5.94. The minimum absolute atomic E-state index is 0.0654. The molecular weight excluding hydrogens is 302 g/mol. The summed E-state index contributed by atoms with van der Waals surface area (Å²) >= 11 is 0. The first-order valence-electron chi connectivity index (χ1n) is 6.99. The Morgan fingerprint density at radius 2 is 1.78 bits per heavy atom. The van der Waals surface area contributed by atoms with E-state index in [-0.39, 0.29) is 12.5 Å². The van der Waals surface area contributed by atoms with Gasteiger partial charge < -0.3 is 32.6 Å². The quantitative estimate of drug-likeness (QED) is 0.424. The average molecular weight is 323 g/mol. The topological polar surface area (TPSA) is 163 Å². The number of amides is 4. The van der Waals surface area contributed by atoms with E-state index in [2.05, 4.69) is 15.4 Å². The molecule has 126 valence electrons. The molecule has 0 saturated heterocycles. The first kappa shape index (κ1) is 18.2. The van der Waals surface area contributed by atoms with Crippen LogP contribution in [0, 0.1) is 0 Å². The Hall–Kier alpha value is -2.81. The van der Waals surface area contributed by atoms with Crippen LogP contribution >= 0.6 is 0 Å². The van der Waals surface area contributed by atoms with Crippen molar-refractivity contribution in [2.45, 2.75) is 25.5 Å². The first-order valence-corrected chi connectivity index (χ1v) is 6.99. The van der Waals surface area contributed by atoms with Crippen LogP contribution in [0.15, 0.2) is 24.3 Å². The molecule has 0 fully saturated rings. The zero-order valence-electron chi connectivity index (χ0n) is 12.6. The number of rotatable bonds is 8. The van der Waals surface area contributed by atoms with Gasteiger partial charge in [0.25, 0.3) is 0 Å². The molecule has 9 heteroatoms. The largest absolute Gasteiger partial charge is 0.445 e. The van der Waals surface area contributed by atoms with Crippen molar-refractivity contribution in [2.24, 2.45) is 17.2 Å². The molecule has 0 aliphatic carbocycles. The number of urea groups is 1. The van der Waals surface area contributed by atoms with Crippen LogP contribution in [-0.2, 0) is 16.1 Å². The Labute approximate surface area is 133 Å². The van der Waals surface area contributed by atoms with Gasteiger partial charge in [-0.05, 0) is 30.5 Å². The molecule has 0 heterocycles. The summed E-state index contributed by atoms with van der Waals surface area (Å²) in [7, 11) is 0. The van der Waals surface area contributed by atoms with Crippen LogP contribution < -0.4 is 27.8 Å². The summed E-state index contributed by atoms with van der Waals surface area (Å²) in [5.74, 6) is -0.329. The van der Waals surface area contributed by atoms with Crippen LogP contribution in [0.3, 0.4) is 0 Å². The number of anilines is 1. The van der Waals surface area contributed by atoms with E-state index in [4.69, 9.17) is 17.2 Å². The Bertz CT molecular complexity index is 547. The van der Waals surface area contributed by atoms with E-state index in [9.17, 15) is 14.4 Å². The summed E-state index contributed by atoms with van der Waals surface area (Å²) in [5.41, 5.74) is 16.9. The van der Waals surface area contributed by atoms with Crippen molar-refractivity contribution in [3.63, 3.8) is 0 Å². The number of hydrogen-bond acceptors (Lipinski definition) is 5. The van der Waals surface area contributed by atoms with Crippen LogP contribution in [0.25, 0.3) is 0 Å². The van der Waals surface area contributed by atoms with E-state index in [0.717, 1.165) is 5.56 Å². The van der Waals surface area contributed by atoms with Crippen molar-refractivity contribution < 1.29 is 19.1 Å². The number of nitrogens with two attached hydrogens (primary N) is 3. The summed E-state index contributed by atoms with van der Waals surface area (Å²) in [6.07, 6.45) is 0.108. The predicted molar refractivity (Wildman–Crippen MR) is 84.2 cm³/mol. The first-order chi connectivity index (χ1) is 10.9. The summed E-state index contributed by atoms with van der Waals surface area (Å²) in [4.78, 5) is 32.9. The lowest BCUT2D eigenvalue weighted by molar-refractivity contribution is -0.117. The van der Waals surface area contributed by atoms with Crippen molar-refractivity contribution in [1.82, 2.24) is 5.32 Å². The van der Waals surface area contributed by atoms with Gasteiger partial charge in [-0.1, -0.05) is 12.1 Å². The number of nitrogens with one attached hydrogen (secondary N) is 2. The summed E-state index contributed by atoms with van der Waals surface area (Å²) < 4.78 is 4.65. The molecule has 0 unspecified atom stereocenters. The maximum absolute atomic E-state index is 11.9. The molecule has 0 bridgehead atoms. The van der Waals surface area contributed by atoms with Gasteiger partial charge in [-0.25, -0.2) is 9.59 Å². The van der Waals surface area contributed by atoms with E-state index in [1.165, 1.54) is 0 Å². The molecule has 1 aromatic carbocycles. The van der Waals surface area contributed by atoms with E-state index < -0.39 is 18.2 Å². The molecule has 0 aromatic heterocycles. The molecule has 4 amide bonds.